The highest BCUT2D eigenvalue weighted by molar-refractivity contribution is 5.84. The van der Waals surface area contributed by atoms with Gasteiger partial charge in [0.25, 0.3) is 0 Å². The molecular formula is C46H42O2. The second-order valence-electron chi connectivity index (χ2n) is 13.1. The molecule has 48 heavy (non-hydrogen) atoms. The van der Waals surface area contributed by atoms with Crippen molar-refractivity contribution in [1.29, 1.82) is 0 Å². The van der Waals surface area contributed by atoms with Gasteiger partial charge in [-0.3, -0.25) is 0 Å². The normalized spacial score (nSPS) is 14.6. The first kappa shape index (κ1) is 30.6. The topological polar surface area (TPSA) is 18.5 Å². The Hall–Kier alpha value is -4.76. The van der Waals surface area contributed by atoms with E-state index in [2.05, 4.69) is 159 Å². The smallest absolute Gasteiger partial charge is 0.144 e. The minimum absolute atomic E-state index is 0.629. The summed E-state index contributed by atoms with van der Waals surface area (Å²) in [5.41, 5.74) is 13.4. The van der Waals surface area contributed by atoms with Crippen LogP contribution >= 0.6 is 0 Å². The zero-order valence-corrected chi connectivity index (χ0v) is 27.9. The predicted octanol–water partition coefficient (Wildman–Crippen LogP) is 11.5. The largest absolute Gasteiger partial charge is 0.361 e. The summed E-state index contributed by atoms with van der Waals surface area (Å²) in [5, 5.41) is 0. The molecule has 238 valence electrons. The van der Waals surface area contributed by atoms with E-state index in [0.717, 1.165) is 25.7 Å². The van der Waals surface area contributed by atoms with E-state index < -0.39 is 11.2 Å². The fourth-order valence-corrected chi connectivity index (χ4v) is 8.02. The van der Waals surface area contributed by atoms with E-state index in [-0.39, 0.29) is 0 Å². The number of benzene rings is 6. The van der Waals surface area contributed by atoms with Crippen LogP contribution in [-0.2, 0) is 20.7 Å². The van der Waals surface area contributed by atoms with Gasteiger partial charge < -0.3 is 9.47 Å². The van der Waals surface area contributed by atoms with Crippen molar-refractivity contribution < 1.29 is 9.47 Å². The molecule has 0 atom stereocenters. The highest BCUT2D eigenvalue weighted by Gasteiger charge is 2.47. The molecule has 0 radical (unpaired) electrons. The van der Waals surface area contributed by atoms with Gasteiger partial charge in [-0.2, -0.15) is 0 Å². The first-order chi connectivity index (χ1) is 23.7. The van der Waals surface area contributed by atoms with Gasteiger partial charge in [0.15, 0.2) is 0 Å². The number of hydrogen-bond acceptors (Lipinski definition) is 2. The van der Waals surface area contributed by atoms with Crippen molar-refractivity contribution in [2.24, 2.45) is 0 Å². The van der Waals surface area contributed by atoms with Crippen LogP contribution < -0.4 is 0 Å². The van der Waals surface area contributed by atoms with E-state index >= 15 is 0 Å². The van der Waals surface area contributed by atoms with Gasteiger partial charge in [0, 0.05) is 35.5 Å². The number of fused-ring (bicyclic) bond motifs is 6. The third kappa shape index (κ3) is 4.70. The molecule has 0 N–H and O–H groups in total. The van der Waals surface area contributed by atoms with Crippen molar-refractivity contribution in [3.8, 4) is 33.4 Å². The zero-order chi connectivity index (χ0) is 32.6. The summed E-state index contributed by atoms with van der Waals surface area (Å²) in [6, 6.07) is 53.1. The monoisotopic (exact) mass is 626 g/mol. The second-order valence-corrected chi connectivity index (χ2v) is 13.1. The van der Waals surface area contributed by atoms with Crippen LogP contribution in [0.3, 0.4) is 0 Å². The summed E-state index contributed by atoms with van der Waals surface area (Å²) in [6.07, 6.45) is 4.23. The van der Waals surface area contributed by atoms with E-state index in [9.17, 15) is 0 Å². The lowest BCUT2D eigenvalue weighted by molar-refractivity contribution is 0.0144. The minimum atomic E-state index is -0.629. The van der Waals surface area contributed by atoms with Gasteiger partial charge in [0.1, 0.15) is 11.2 Å². The second kappa shape index (κ2) is 12.7. The van der Waals surface area contributed by atoms with Crippen molar-refractivity contribution in [2.45, 2.75) is 50.7 Å². The molecule has 8 rings (SSSR count). The van der Waals surface area contributed by atoms with Crippen LogP contribution in [0.4, 0.5) is 0 Å². The van der Waals surface area contributed by atoms with E-state index in [1.165, 1.54) is 66.8 Å². The van der Waals surface area contributed by atoms with E-state index in [4.69, 9.17) is 9.47 Å². The Labute approximate surface area is 285 Å². The molecule has 6 aromatic rings. The molecule has 6 aromatic carbocycles. The Morgan fingerprint density at radius 3 is 0.958 bits per heavy atom. The molecule has 0 aromatic heterocycles. The summed E-state index contributed by atoms with van der Waals surface area (Å²) < 4.78 is 14.0. The average Bonchev–Trinajstić information content (AvgIpc) is 3.61. The lowest BCUT2D eigenvalue weighted by Gasteiger charge is -2.33. The molecule has 2 nitrogen and oxygen atoms in total. The van der Waals surface area contributed by atoms with E-state index in [1.807, 2.05) is 0 Å². The number of rotatable bonds is 11. The Kier molecular flexibility index (Phi) is 8.08. The van der Waals surface area contributed by atoms with Crippen LogP contribution in [0.25, 0.3) is 33.4 Å². The molecule has 0 fully saturated rings. The SMILES string of the molecule is CCCCOC1(c2ccc(-c3ccc(C4(OCCCC)c5ccccc5-c5ccccc54)cc3)cc2)c2ccccc2-c2ccccc21. The van der Waals surface area contributed by atoms with Crippen molar-refractivity contribution in [1.82, 2.24) is 0 Å². The van der Waals surface area contributed by atoms with Crippen molar-refractivity contribution in [3.63, 3.8) is 0 Å². The summed E-state index contributed by atoms with van der Waals surface area (Å²) >= 11 is 0. The molecule has 0 saturated heterocycles. The first-order valence-corrected chi connectivity index (χ1v) is 17.6. The first-order valence-electron chi connectivity index (χ1n) is 17.6. The third-order valence-corrected chi connectivity index (χ3v) is 10.4. The Morgan fingerprint density at radius 1 is 0.375 bits per heavy atom. The van der Waals surface area contributed by atoms with Gasteiger partial charge in [-0.25, -0.2) is 0 Å². The summed E-state index contributed by atoms with van der Waals surface area (Å²) in [5.74, 6) is 0. The highest BCUT2D eigenvalue weighted by Crippen LogP contribution is 2.55. The van der Waals surface area contributed by atoms with Gasteiger partial charge in [-0.15, -0.1) is 0 Å². The molecule has 2 aliphatic rings. The Morgan fingerprint density at radius 2 is 0.667 bits per heavy atom. The maximum Gasteiger partial charge on any atom is 0.144 e. The van der Waals surface area contributed by atoms with E-state index in [1.54, 1.807) is 0 Å². The standard InChI is InChI=1S/C46H42O2/c1-3-5-31-47-45(41-19-11-7-15-37(41)38-16-8-12-20-42(38)45)35-27-23-33(24-28-35)34-25-29-36(30-26-34)46(48-32-6-4-2)43-21-13-9-17-39(43)40-18-10-14-22-44(40)46/h7-30H,3-6,31-32H2,1-2H3. The molecule has 2 aliphatic carbocycles. The van der Waals surface area contributed by atoms with Gasteiger partial charge in [-0.05, 0) is 57.3 Å². The molecule has 2 heteroatoms. The molecule has 0 spiro atoms. The van der Waals surface area contributed by atoms with Crippen molar-refractivity contribution in [2.75, 3.05) is 13.2 Å². The molecule has 0 bridgehead atoms. The van der Waals surface area contributed by atoms with Gasteiger partial charge in [0.05, 0.1) is 0 Å². The minimum Gasteiger partial charge on any atom is -0.361 e. The fourth-order valence-electron chi connectivity index (χ4n) is 8.02. The van der Waals surface area contributed by atoms with E-state index in [0.29, 0.717) is 13.2 Å². The third-order valence-electron chi connectivity index (χ3n) is 10.4. The maximum atomic E-state index is 6.98. The Balaban J connectivity index is 1.18. The predicted molar refractivity (Wildman–Crippen MR) is 197 cm³/mol. The lowest BCUT2D eigenvalue weighted by Crippen LogP contribution is -2.31. The van der Waals surface area contributed by atoms with Crippen LogP contribution in [-0.4, -0.2) is 13.2 Å². The maximum absolute atomic E-state index is 6.98. The molecule has 0 aliphatic heterocycles. The quantitative estimate of drug-likeness (QED) is 0.133. The molecule has 0 heterocycles. The van der Waals surface area contributed by atoms with Gasteiger partial charge in [0.2, 0.25) is 0 Å². The van der Waals surface area contributed by atoms with Gasteiger partial charge >= 0.3 is 0 Å². The summed E-state index contributed by atoms with van der Waals surface area (Å²) in [7, 11) is 0. The molecule has 0 amide bonds. The van der Waals surface area contributed by atoms with Crippen LogP contribution in [0.2, 0.25) is 0 Å². The highest BCUT2D eigenvalue weighted by atomic mass is 16.5. The van der Waals surface area contributed by atoms with Crippen molar-refractivity contribution >= 4 is 0 Å². The number of ether oxygens (including phenoxy) is 2. The fraction of sp³-hybridized carbons (Fsp3) is 0.217. The lowest BCUT2D eigenvalue weighted by atomic mass is 9.82. The van der Waals surface area contributed by atoms with Crippen LogP contribution in [0.1, 0.15) is 72.9 Å². The van der Waals surface area contributed by atoms with Crippen LogP contribution in [0.15, 0.2) is 146 Å². The summed E-state index contributed by atoms with van der Waals surface area (Å²) in [6.45, 7) is 5.85. The van der Waals surface area contributed by atoms with Crippen LogP contribution in [0, 0.1) is 0 Å². The van der Waals surface area contributed by atoms with Gasteiger partial charge in [-0.1, -0.05) is 172 Å². The molecular weight excluding hydrogens is 585 g/mol. The van der Waals surface area contributed by atoms with Crippen molar-refractivity contribution in [3.05, 3.63) is 179 Å². The molecule has 0 saturated carbocycles. The average molecular weight is 627 g/mol. The Bertz CT molecular complexity index is 1810. The molecule has 0 unspecified atom stereocenters. The zero-order valence-electron chi connectivity index (χ0n) is 27.9. The number of hydrogen-bond donors (Lipinski definition) is 0. The van der Waals surface area contributed by atoms with Crippen LogP contribution in [0.5, 0.6) is 0 Å². The number of unbranched alkanes of at least 4 members (excludes halogenated alkanes) is 2. The summed E-state index contributed by atoms with van der Waals surface area (Å²) in [4.78, 5) is 0.